The molecule has 1 aliphatic heterocycles. The van der Waals surface area contributed by atoms with E-state index in [4.69, 9.17) is 4.42 Å². The highest BCUT2D eigenvalue weighted by Gasteiger charge is 2.36. The lowest BCUT2D eigenvalue weighted by Gasteiger charge is -2.22. The van der Waals surface area contributed by atoms with Crippen LogP contribution in [-0.4, -0.2) is 58.5 Å². The van der Waals surface area contributed by atoms with Gasteiger partial charge in [-0.3, -0.25) is 9.59 Å². The number of amides is 1. The van der Waals surface area contributed by atoms with E-state index in [1.165, 1.54) is 10.9 Å². The second-order valence-corrected chi connectivity index (χ2v) is 6.59. The predicted octanol–water partition coefficient (Wildman–Crippen LogP) is 0.857. The molecule has 2 aromatic heterocycles. The summed E-state index contributed by atoms with van der Waals surface area (Å²) in [5, 5.41) is 0.276. The average Bonchev–Trinajstić information content (AvgIpc) is 3.03. The molecule has 2 atom stereocenters. The number of carbonyl (C=O) groups is 1. The van der Waals surface area contributed by atoms with Crippen molar-refractivity contribution in [3.05, 3.63) is 28.0 Å². The van der Waals surface area contributed by atoms with E-state index in [0.717, 1.165) is 0 Å². The van der Waals surface area contributed by atoms with Crippen LogP contribution in [0.3, 0.4) is 0 Å². The molecule has 0 aromatic carbocycles. The molecule has 1 aliphatic rings. The Hall–Kier alpha value is -2.15. The van der Waals surface area contributed by atoms with Crippen molar-refractivity contribution in [2.75, 3.05) is 27.2 Å². The van der Waals surface area contributed by atoms with Crippen molar-refractivity contribution in [2.45, 2.75) is 19.9 Å². The van der Waals surface area contributed by atoms with Crippen LogP contribution in [0, 0.1) is 12.8 Å². The van der Waals surface area contributed by atoms with Crippen LogP contribution in [0.2, 0.25) is 0 Å². The first-order chi connectivity index (χ1) is 10.8. The largest absolute Gasteiger partial charge is 0.442 e. The summed E-state index contributed by atoms with van der Waals surface area (Å²) in [7, 11) is 5.66. The molecule has 3 heterocycles. The minimum absolute atomic E-state index is 0.150. The highest BCUT2D eigenvalue weighted by atomic mass is 16.3. The van der Waals surface area contributed by atoms with Crippen LogP contribution >= 0.6 is 0 Å². The molecule has 0 aliphatic carbocycles. The molecule has 0 N–H and O–H groups in total. The highest BCUT2D eigenvalue weighted by Crippen LogP contribution is 2.26. The summed E-state index contributed by atoms with van der Waals surface area (Å²) >= 11 is 0. The molecular formula is C16H22N4O3. The Morgan fingerprint density at radius 3 is 2.70 bits per heavy atom. The Balaban J connectivity index is 2.04. The van der Waals surface area contributed by atoms with Crippen LogP contribution < -0.4 is 5.56 Å². The van der Waals surface area contributed by atoms with Crippen LogP contribution in [0.25, 0.3) is 11.1 Å². The molecule has 1 amide bonds. The third-order valence-electron chi connectivity index (χ3n) is 4.69. The van der Waals surface area contributed by atoms with Crippen molar-refractivity contribution in [1.82, 2.24) is 19.4 Å². The quantitative estimate of drug-likeness (QED) is 0.821. The molecule has 0 spiro atoms. The van der Waals surface area contributed by atoms with E-state index in [1.54, 1.807) is 18.9 Å². The third-order valence-corrected chi connectivity index (χ3v) is 4.69. The van der Waals surface area contributed by atoms with Crippen LogP contribution in [0.5, 0.6) is 0 Å². The van der Waals surface area contributed by atoms with Gasteiger partial charge in [-0.15, -0.1) is 0 Å². The van der Waals surface area contributed by atoms with Crippen molar-refractivity contribution in [3.63, 3.8) is 0 Å². The summed E-state index contributed by atoms with van der Waals surface area (Å²) < 4.78 is 6.90. The number of aromatic nitrogens is 2. The summed E-state index contributed by atoms with van der Waals surface area (Å²) in [6.45, 7) is 5.17. The summed E-state index contributed by atoms with van der Waals surface area (Å²) in [5.74, 6) is 0.678. The molecular weight excluding hydrogens is 296 g/mol. The number of hydrogen-bond acceptors (Lipinski definition) is 5. The summed E-state index contributed by atoms with van der Waals surface area (Å²) in [6.07, 6.45) is 1.40. The van der Waals surface area contributed by atoms with Gasteiger partial charge in [-0.1, -0.05) is 6.92 Å². The maximum Gasteiger partial charge on any atom is 0.265 e. The average molecular weight is 318 g/mol. The zero-order valence-corrected chi connectivity index (χ0v) is 14.2. The smallest absolute Gasteiger partial charge is 0.265 e. The zero-order valence-electron chi connectivity index (χ0n) is 14.2. The fourth-order valence-electron chi connectivity index (χ4n) is 3.39. The van der Waals surface area contributed by atoms with Crippen molar-refractivity contribution < 1.29 is 9.21 Å². The van der Waals surface area contributed by atoms with Crippen molar-refractivity contribution in [1.29, 1.82) is 0 Å². The molecule has 1 fully saturated rings. The predicted molar refractivity (Wildman–Crippen MR) is 86.5 cm³/mol. The summed E-state index contributed by atoms with van der Waals surface area (Å²) in [4.78, 5) is 33.4. The fourth-order valence-corrected chi connectivity index (χ4v) is 3.39. The molecule has 2 aromatic rings. The first-order valence-electron chi connectivity index (χ1n) is 7.71. The Labute approximate surface area is 134 Å². The standard InChI is InChI=1S/C16H22N4O3/c1-9-6-20(7-11(9)18(3)4)16(22)12-10(2)23-14-13(12)15(21)19(5)8-17-14/h8-9,11H,6-7H2,1-5H3. The minimum Gasteiger partial charge on any atom is -0.442 e. The van der Waals surface area contributed by atoms with E-state index >= 15 is 0 Å². The molecule has 23 heavy (non-hydrogen) atoms. The normalized spacial score (nSPS) is 21.6. The van der Waals surface area contributed by atoms with Gasteiger partial charge in [0, 0.05) is 26.2 Å². The van der Waals surface area contributed by atoms with Gasteiger partial charge in [0.15, 0.2) is 0 Å². The number of fused-ring (bicyclic) bond motifs is 1. The molecule has 3 rings (SSSR count). The topological polar surface area (TPSA) is 71.6 Å². The minimum atomic E-state index is -0.258. The van der Waals surface area contributed by atoms with E-state index in [1.807, 2.05) is 14.1 Å². The van der Waals surface area contributed by atoms with Crippen molar-refractivity contribution >= 4 is 17.0 Å². The van der Waals surface area contributed by atoms with Gasteiger partial charge in [-0.25, -0.2) is 4.98 Å². The maximum absolute atomic E-state index is 13.0. The number of likely N-dealkylation sites (N-methyl/N-ethyl adjacent to an activating group) is 1. The molecule has 0 bridgehead atoms. The van der Waals surface area contributed by atoms with Crippen LogP contribution in [0.4, 0.5) is 0 Å². The van der Waals surface area contributed by atoms with Gasteiger partial charge >= 0.3 is 0 Å². The van der Waals surface area contributed by atoms with E-state index in [-0.39, 0.29) is 22.6 Å². The second kappa shape index (κ2) is 5.49. The molecule has 7 heteroatoms. The molecule has 124 valence electrons. The lowest BCUT2D eigenvalue weighted by atomic mass is 10.1. The number of aryl methyl sites for hydroxylation is 2. The van der Waals surface area contributed by atoms with Gasteiger partial charge in [-0.2, -0.15) is 0 Å². The molecule has 1 saturated heterocycles. The number of carbonyl (C=O) groups excluding carboxylic acids is 1. The van der Waals surface area contributed by atoms with E-state index in [9.17, 15) is 9.59 Å². The Morgan fingerprint density at radius 1 is 1.39 bits per heavy atom. The molecule has 0 saturated carbocycles. The van der Waals surface area contributed by atoms with E-state index in [2.05, 4.69) is 16.8 Å². The first kappa shape index (κ1) is 15.7. The Bertz CT molecular complexity index is 821. The SMILES string of the molecule is Cc1oc2ncn(C)c(=O)c2c1C(=O)N1CC(C)C(N(C)C)C1. The highest BCUT2D eigenvalue weighted by molar-refractivity contribution is 6.06. The number of rotatable bonds is 2. The van der Waals surface area contributed by atoms with Gasteiger partial charge in [0.2, 0.25) is 5.71 Å². The second-order valence-electron chi connectivity index (χ2n) is 6.59. The molecule has 2 unspecified atom stereocenters. The maximum atomic E-state index is 13.0. The number of likely N-dealkylation sites (tertiary alicyclic amines) is 1. The Morgan fingerprint density at radius 2 is 2.09 bits per heavy atom. The van der Waals surface area contributed by atoms with Crippen molar-refractivity contribution in [2.24, 2.45) is 13.0 Å². The summed E-state index contributed by atoms with van der Waals surface area (Å²) in [6, 6.07) is 0.318. The lowest BCUT2D eigenvalue weighted by molar-refractivity contribution is 0.0781. The van der Waals surface area contributed by atoms with Gasteiger partial charge < -0.3 is 18.8 Å². The van der Waals surface area contributed by atoms with Gasteiger partial charge in [-0.05, 0) is 26.9 Å². The van der Waals surface area contributed by atoms with E-state index < -0.39 is 0 Å². The van der Waals surface area contributed by atoms with Gasteiger partial charge in [0.1, 0.15) is 17.5 Å². The zero-order chi connectivity index (χ0) is 16.9. The molecule has 7 nitrogen and oxygen atoms in total. The monoisotopic (exact) mass is 318 g/mol. The van der Waals surface area contributed by atoms with Gasteiger partial charge in [0.05, 0.1) is 5.56 Å². The lowest BCUT2D eigenvalue weighted by Crippen LogP contribution is -2.36. The van der Waals surface area contributed by atoms with Crippen LogP contribution in [-0.2, 0) is 7.05 Å². The molecule has 0 radical (unpaired) electrons. The van der Waals surface area contributed by atoms with Crippen LogP contribution in [0.1, 0.15) is 23.0 Å². The Kier molecular flexibility index (Phi) is 3.75. The first-order valence-corrected chi connectivity index (χ1v) is 7.71. The fraction of sp³-hybridized carbons (Fsp3) is 0.562. The van der Waals surface area contributed by atoms with Crippen molar-refractivity contribution in [3.8, 4) is 0 Å². The van der Waals surface area contributed by atoms with E-state index in [0.29, 0.717) is 36.4 Å². The third kappa shape index (κ3) is 2.45. The number of hydrogen-bond donors (Lipinski definition) is 0. The number of nitrogens with zero attached hydrogens (tertiary/aromatic N) is 4. The van der Waals surface area contributed by atoms with Crippen LogP contribution in [0.15, 0.2) is 15.5 Å². The number of furan rings is 1. The van der Waals surface area contributed by atoms with Gasteiger partial charge in [0.25, 0.3) is 11.5 Å². The summed E-state index contributed by atoms with van der Waals surface area (Å²) in [5.41, 5.74) is 0.317.